The van der Waals surface area contributed by atoms with E-state index in [1.807, 2.05) is 0 Å². The van der Waals surface area contributed by atoms with Gasteiger partial charge in [0.2, 0.25) is 0 Å². The van der Waals surface area contributed by atoms with Crippen molar-refractivity contribution in [3.05, 3.63) is 23.3 Å². The van der Waals surface area contributed by atoms with E-state index in [0.29, 0.717) is 17.8 Å². The third-order valence-electron chi connectivity index (χ3n) is 6.33. The van der Waals surface area contributed by atoms with E-state index in [-0.39, 0.29) is 0 Å². The highest BCUT2D eigenvalue weighted by molar-refractivity contribution is 5.49. The fourth-order valence-corrected chi connectivity index (χ4v) is 4.92. The molecule has 2 aliphatic rings. The highest BCUT2D eigenvalue weighted by Crippen LogP contribution is 2.57. The van der Waals surface area contributed by atoms with Gasteiger partial charge in [-0.15, -0.1) is 0 Å². The first-order chi connectivity index (χ1) is 9.89. The molecule has 0 unspecified atom stereocenters. The van der Waals surface area contributed by atoms with Crippen molar-refractivity contribution in [1.29, 1.82) is 0 Å². The lowest BCUT2D eigenvalue weighted by Gasteiger charge is -2.34. The monoisotopic (exact) mass is 288 g/mol. The smallest absolute Gasteiger partial charge is 0.120 e. The molecule has 2 aliphatic carbocycles. The Kier molecular flexibility index (Phi) is 5.11. The molecule has 0 aromatic carbocycles. The molecule has 0 saturated heterocycles. The van der Waals surface area contributed by atoms with Crippen LogP contribution in [-0.4, -0.2) is 6.29 Å². The van der Waals surface area contributed by atoms with Gasteiger partial charge in [0.15, 0.2) is 0 Å². The molecule has 1 saturated carbocycles. The molecule has 0 heterocycles. The molecule has 1 heteroatoms. The van der Waals surface area contributed by atoms with Gasteiger partial charge in [0, 0.05) is 6.42 Å². The number of hydrogen-bond acceptors (Lipinski definition) is 1. The first-order valence-corrected chi connectivity index (χ1v) is 8.66. The number of carbonyl (C=O) groups excluding carboxylic acids is 1. The van der Waals surface area contributed by atoms with Crippen molar-refractivity contribution in [3.8, 4) is 0 Å². The van der Waals surface area contributed by atoms with Gasteiger partial charge in [0.1, 0.15) is 6.29 Å². The second-order valence-corrected chi connectivity index (χ2v) is 7.92. The molecule has 0 N–H and O–H groups in total. The van der Waals surface area contributed by atoms with Gasteiger partial charge in [-0.05, 0) is 75.5 Å². The predicted molar refractivity (Wildman–Crippen MR) is 90.1 cm³/mol. The summed E-state index contributed by atoms with van der Waals surface area (Å²) < 4.78 is 0. The van der Waals surface area contributed by atoms with E-state index >= 15 is 0 Å². The molecule has 0 aliphatic heterocycles. The lowest BCUT2D eigenvalue weighted by Crippen LogP contribution is -2.26. The molecule has 21 heavy (non-hydrogen) atoms. The number of fused-ring (bicyclic) bond motifs is 1. The Balaban J connectivity index is 2.20. The Hall–Kier alpha value is -0.850. The van der Waals surface area contributed by atoms with Crippen LogP contribution in [0, 0.1) is 23.2 Å². The summed E-state index contributed by atoms with van der Waals surface area (Å²) in [7, 11) is 0. The zero-order valence-corrected chi connectivity index (χ0v) is 14.4. The minimum Gasteiger partial charge on any atom is -0.303 e. The van der Waals surface area contributed by atoms with E-state index in [1.54, 1.807) is 11.1 Å². The molecule has 4 atom stereocenters. The van der Waals surface area contributed by atoms with Gasteiger partial charge < -0.3 is 4.79 Å². The molecule has 2 rings (SSSR count). The zero-order valence-electron chi connectivity index (χ0n) is 14.4. The topological polar surface area (TPSA) is 17.1 Å². The molecule has 0 radical (unpaired) electrons. The first-order valence-electron chi connectivity index (χ1n) is 8.66. The number of allylic oxidation sites excluding steroid dienone is 3. The van der Waals surface area contributed by atoms with E-state index < -0.39 is 0 Å². The highest BCUT2D eigenvalue weighted by atomic mass is 16.1. The average molecular weight is 288 g/mol. The largest absolute Gasteiger partial charge is 0.303 e. The van der Waals surface area contributed by atoms with Gasteiger partial charge >= 0.3 is 0 Å². The Bertz CT molecular complexity index is 445. The lowest BCUT2D eigenvalue weighted by atomic mass is 9.70. The second-order valence-electron chi connectivity index (χ2n) is 7.92. The average Bonchev–Trinajstić information content (AvgIpc) is 2.70. The van der Waals surface area contributed by atoms with E-state index in [9.17, 15) is 4.79 Å². The standard InChI is InChI=1S/C20H32O/c1-14(2)17-10-11-20(5)13-18(15(3)7-6-12-21)16(4)8-9-19(17)20/h12,15,17,19H,1,6-11,13H2,2-5H3/t15-,17-,19+,20-/m1/s1. The third kappa shape index (κ3) is 3.33. The van der Waals surface area contributed by atoms with Crippen molar-refractivity contribution in [2.45, 2.75) is 72.6 Å². The highest BCUT2D eigenvalue weighted by Gasteiger charge is 2.46. The molecule has 0 aromatic heterocycles. The maximum absolute atomic E-state index is 10.7. The molecule has 0 spiro atoms. The summed E-state index contributed by atoms with van der Waals surface area (Å²) >= 11 is 0. The maximum Gasteiger partial charge on any atom is 0.120 e. The third-order valence-corrected chi connectivity index (χ3v) is 6.33. The van der Waals surface area contributed by atoms with Gasteiger partial charge in [0.25, 0.3) is 0 Å². The Morgan fingerprint density at radius 2 is 2.19 bits per heavy atom. The van der Waals surface area contributed by atoms with Crippen LogP contribution in [0.25, 0.3) is 0 Å². The normalized spacial score (nSPS) is 34.3. The van der Waals surface area contributed by atoms with Crippen molar-refractivity contribution in [2.75, 3.05) is 0 Å². The van der Waals surface area contributed by atoms with Gasteiger partial charge in [-0.3, -0.25) is 0 Å². The van der Waals surface area contributed by atoms with Crippen LogP contribution in [0.1, 0.15) is 72.6 Å². The van der Waals surface area contributed by atoms with Crippen LogP contribution in [-0.2, 0) is 4.79 Å². The van der Waals surface area contributed by atoms with E-state index in [0.717, 1.165) is 24.5 Å². The van der Waals surface area contributed by atoms with Crippen LogP contribution >= 0.6 is 0 Å². The maximum atomic E-state index is 10.7. The molecule has 0 amide bonds. The van der Waals surface area contributed by atoms with Gasteiger partial charge in [0.05, 0.1) is 0 Å². The summed E-state index contributed by atoms with van der Waals surface area (Å²) in [6.07, 6.45) is 9.26. The quantitative estimate of drug-likeness (QED) is 0.467. The van der Waals surface area contributed by atoms with Crippen molar-refractivity contribution in [3.63, 3.8) is 0 Å². The molecule has 1 nitrogen and oxygen atoms in total. The van der Waals surface area contributed by atoms with Crippen LogP contribution in [0.5, 0.6) is 0 Å². The summed E-state index contributed by atoms with van der Waals surface area (Å²) in [4.78, 5) is 10.7. The second kappa shape index (κ2) is 6.50. The first kappa shape index (κ1) is 16.5. The van der Waals surface area contributed by atoms with Crippen molar-refractivity contribution < 1.29 is 4.79 Å². The number of rotatable bonds is 5. The molecular weight excluding hydrogens is 256 g/mol. The molecule has 1 fully saturated rings. The van der Waals surface area contributed by atoms with Crippen molar-refractivity contribution in [1.82, 2.24) is 0 Å². The minimum atomic E-state index is 0.451. The lowest BCUT2D eigenvalue weighted by molar-refractivity contribution is -0.108. The van der Waals surface area contributed by atoms with E-state index in [4.69, 9.17) is 0 Å². The minimum absolute atomic E-state index is 0.451. The van der Waals surface area contributed by atoms with Crippen LogP contribution in [0.4, 0.5) is 0 Å². The Morgan fingerprint density at radius 3 is 2.81 bits per heavy atom. The van der Waals surface area contributed by atoms with Crippen LogP contribution < -0.4 is 0 Å². The molecule has 0 aromatic rings. The SMILES string of the molecule is C=C(C)[C@H]1CC[C@]2(C)CC([C@H](C)CCC=O)=C(C)CC[C@@H]12. The van der Waals surface area contributed by atoms with Crippen LogP contribution in [0.15, 0.2) is 23.3 Å². The van der Waals surface area contributed by atoms with Gasteiger partial charge in [-0.1, -0.05) is 37.1 Å². The Labute approximate surface area is 130 Å². The van der Waals surface area contributed by atoms with E-state index in [2.05, 4.69) is 34.3 Å². The van der Waals surface area contributed by atoms with Crippen molar-refractivity contribution in [2.24, 2.45) is 23.2 Å². The number of carbonyl (C=O) groups is 1. The van der Waals surface area contributed by atoms with E-state index in [1.165, 1.54) is 37.7 Å². The predicted octanol–water partition coefficient (Wildman–Crippen LogP) is 5.71. The molecule has 118 valence electrons. The molecular formula is C20H32O. The van der Waals surface area contributed by atoms with Gasteiger partial charge in [-0.25, -0.2) is 0 Å². The Morgan fingerprint density at radius 1 is 1.48 bits per heavy atom. The summed E-state index contributed by atoms with van der Waals surface area (Å²) in [5, 5.41) is 0. The summed E-state index contributed by atoms with van der Waals surface area (Å²) in [6.45, 7) is 13.6. The summed E-state index contributed by atoms with van der Waals surface area (Å²) in [5.41, 5.74) is 5.10. The van der Waals surface area contributed by atoms with Crippen molar-refractivity contribution >= 4 is 6.29 Å². The number of hydrogen-bond donors (Lipinski definition) is 0. The van der Waals surface area contributed by atoms with Crippen LogP contribution in [0.2, 0.25) is 0 Å². The summed E-state index contributed by atoms with van der Waals surface area (Å²) in [5.74, 6) is 2.10. The fourth-order valence-electron chi connectivity index (χ4n) is 4.92. The summed E-state index contributed by atoms with van der Waals surface area (Å²) in [6, 6.07) is 0. The zero-order chi connectivity index (χ0) is 15.6. The van der Waals surface area contributed by atoms with Crippen LogP contribution in [0.3, 0.4) is 0 Å². The van der Waals surface area contributed by atoms with Gasteiger partial charge in [-0.2, -0.15) is 0 Å². The molecule has 0 bridgehead atoms. The number of aldehydes is 1. The fraction of sp³-hybridized carbons (Fsp3) is 0.750.